The summed E-state index contributed by atoms with van der Waals surface area (Å²) >= 11 is 0. The van der Waals surface area contributed by atoms with Gasteiger partial charge in [-0.3, -0.25) is 19.2 Å². The molecule has 2 atom stereocenters. The van der Waals surface area contributed by atoms with Crippen LogP contribution in [0.15, 0.2) is 93.9 Å². The minimum absolute atomic E-state index is 0.0115. The van der Waals surface area contributed by atoms with Crippen molar-refractivity contribution in [3.05, 3.63) is 111 Å². The summed E-state index contributed by atoms with van der Waals surface area (Å²) in [6, 6.07) is 20.1. The Hall–Kier alpha value is -7.23. The van der Waals surface area contributed by atoms with Gasteiger partial charge in [0.25, 0.3) is 17.4 Å². The second kappa shape index (κ2) is 22.7. The molecule has 1 heterocycles. The van der Waals surface area contributed by atoms with Gasteiger partial charge in [0.15, 0.2) is 5.69 Å². The summed E-state index contributed by atoms with van der Waals surface area (Å²) in [7, 11) is 0. The summed E-state index contributed by atoms with van der Waals surface area (Å²) in [6.07, 6.45) is 8.30. The predicted molar refractivity (Wildman–Crippen MR) is 241 cm³/mol. The Morgan fingerprint density at radius 1 is 0.812 bits per heavy atom. The third-order valence-corrected chi connectivity index (χ3v) is 10.6. The number of phenolic OH excluding ortho intramolecular Hbond substituents is 1. The van der Waals surface area contributed by atoms with Gasteiger partial charge in [-0.2, -0.15) is 5.11 Å². The van der Waals surface area contributed by atoms with Crippen LogP contribution < -0.4 is 26.1 Å². The summed E-state index contributed by atoms with van der Waals surface area (Å²) < 4.78 is 18.2. The highest BCUT2D eigenvalue weighted by atomic mass is 16.5. The fourth-order valence-electron chi connectivity index (χ4n) is 7.11. The fraction of sp³-hybridized carbons (Fsp3) is 0.354. The lowest BCUT2D eigenvalue weighted by Crippen LogP contribution is -2.34. The summed E-state index contributed by atoms with van der Waals surface area (Å²) in [5.41, 5.74) is 3.53. The Labute approximate surface area is 370 Å². The number of nitrogens with two attached hydrogens (primary N) is 1. The number of carbonyl (C=O) groups excluding carboxylic acids is 3. The quantitative estimate of drug-likeness (QED) is 0.0236. The number of hydrogen-bond acceptors (Lipinski definition) is 12. The van der Waals surface area contributed by atoms with Gasteiger partial charge in [-0.15, -0.1) is 5.11 Å². The molecular weight excluding hydrogens is 823 g/mol. The first kappa shape index (κ1) is 47.8. The Morgan fingerprint density at radius 3 is 2.14 bits per heavy atom. The summed E-state index contributed by atoms with van der Waals surface area (Å²) in [6.45, 7) is 7.30. The van der Waals surface area contributed by atoms with Crippen LogP contribution >= 0.6 is 0 Å². The number of pyridine rings is 1. The fourth-order valence-corrected chi connectivity index (χ4v) is 7.11. The number of unbranched alkanes of at least 4 members (excludes halogenated alkanes) is 6. The first-order valence-electron chi connectivity index (χ1n) is 21.3. The number of fused-ring (bicyclic) bond motifs is 1. The molecule has 0 spiro atoms. The number of carboxylic acid groups (broad SMARTS) is 1. The van der Waals surface area contributed by atoms with Crippen LogP contribution in [0.4, 0.5) is 11.4 Å². The topological polar surface area (TPSA) is 241 Å². The van der Waals surface area contributed by atoms with Crippen molar-refractivity contribution in [2.75, 3.05) is 19.8 Å². The number of rotatable bonds is 23. The molecule has 0 aliphatic carbocycles. The van der Waals surface area contributed by atoms with Crippen LogP contribution in [0.25, 0.3) is 16.5 Å². The number of carboxylic acids is 1. The monoisotopic (exact) mass is 877 g/mol. The molecule has 0 aliphatic heterocycles. The Kier molecular flexibility index (Phi) is 17.0. The van der Waals surface area contributed by atoms with Crippen molar-refractivity contribution in [2.24, 2.45) is 21.9 Å². The van der Waals surface area contributed by atoms with E-state index >= 15 is 0 Å². The largest absolute Gasteiger partial charge is 0.506 e. The maximum atomic E-state index is 13.6. The number of aromatic nitrogens is 1. The number of nitrogens with one attached hydrogen (secondary N) is 1. The lowest BCUT2D eigenvalue weighted by molar-refractivity contribution is -0.152. The van der Waals surface area contributed by atoms with Crippen LogP contribution in [-0.2, 0) is 9.53 Å². The number of phenols is 1. The van der Waals surface area contributed by atoms with E-state index in [1.54, 1.807) is 55.5 Å². The number of para-hydroxylation sites is 1. The van der Waals surface area contributed by atoms with Crippen molar-refractivity contribution < 1.29 is 48.7 Å². The highest BCUT2D eigenvalue weighted by molar-refractivity contribution is 6.06. The summed E-state index contributed by atoms with van der Waals surface area (Å²) in [5, 5.41) is 43.6. The van der Waals surface area contributed by atoms with Crippen LogP contribution in [0, 0.1) is 12.8 Å². The van der Waals surface area contributed by atoms with Crippen molar-refractivity contribution in [1.82, 2.24) is 9.88 Å². The van der Waals surface area contributed by atoms with Gasteiger partial charge >= 0.3 is 11.9 Å². The van der Waals surface area contributed by atoms with Gasteiger partial charge in [-0.1, -0.05) is 95.2 Å². The number of aromatic hydroxyl groups is 2. The molecule has 16 heteroatoms. The number of benzene rings is 4. The molecule has 0 aliphatic rings. The Bertz CT molecular complexity index is 2550. The minimum Gasteiger partial charge on any atom is -0.506 e. The van der Waals surface area contributed by atoms with Gasteiger partial charge in [0.2, 0.25) is 5.88 Å². The molecule has 0 radical (unpaired) electrons. The van der Waals surface area contributed by atoms with E-state index in [9.17, 15) is 39.3 Å². The van der Waals surface area contributed by atoms with Gasteiger partial charge in [0, 0.05) is 16.3 Å². The smallest absolute Gasteiger partial charge is 0.337 e. The zero-order chi connectivity index (χ0) is 46.3. The molecule has 5 aromatic rings. The number of nitrogens with zero attached hydrogens (tertiary/aromatic N) is 3. The van der Waals surface area contributed by atoms with E-state index in [0.717, 1.165) is 19.3 Å². The molecule has 338 valence electrons. The number of aromatic carboxylic acids is 1. The third-order valence-electron chi connectivity index (χ3n) is 10.6. The number of primary amides is 1. The number of ether oxygens (including phenoxy) is 3. The molecule has 1 aromatic heterocycles. The van der Waals surface area contributed by atoms with Gasteiger partial charge in [-0.05, 0) is 62.7 Å². The van der Waals surface area contributed by atoms with Gasteiger partial charge in [0.05, 0.1) is 35.0 Å². The van der Waals surface area contributed by atoms with Gasteiger partial charge in [-0.25, -0.2) is 9.36 Å². The lowest BCUT2D eigenvalue weighted by Gasteiger charge is -2.18. The van der Waals surface area contributed by atoms with E-state index in [-0.39, 0.29) is 71.1 Å². The maximum Gasteiger partial charge on any atom is 0.337 e. The highest BCUT2D eigenvalue weighted by Crippen LogP contribution is 2.36. The number of azo groups is 1. The first-order chi connectivity index (χ1) is 30.7. The van der Waals surface area contributed by atoms with Crippen molar-refractivity contribution in [1.29, 1.82) is 0 Å². The van der Waals surface area contributed by atoms with E-state index in [1.807, 2.05) is 6.92 Å². The number of hydrogen-bond donors (Lipinski definition) is 5. The van der Waals surface area contributed by atoms with Gasteiger partial charge in [0.1, 0.15) is 42.1 Å². The molecule has 2 unspecified atom stereocenters. The second-order valence-corrected chi connectivity index (χ2v) is 15.5. The molecule has 6 N–H and O–H groups in total. The molecule has 0 fully saturated rings. The van der Waals surface area contributed by atoms with Crippen LogP contribution in [-0.4, -0.2) is 69.5 Å². The predicted octanol–water partition coefficient (Wildman–Crippen LogP) is 8.82. The third kappa shape index (κ3) is 12.0. The number of amides is 2. The molecule has 5 rings (SSSR count). The van der Waals surface area contributed by atoms with Crippen molar-refractivity contribution >= 4 is 45.9 Å². The highest BCUT2D eigenvalue weighted by Gasteiger charge is 2.26. The lowest BCUT2D eigenvalue weighted by atomic mass is 10.0. The Morgan fingerprint density at radius 2 is 1.45 bits per heavy atom. The summed E-state index contributed by atoms with van der Waals surface area (Å²) in [5.74, 6) is -3.84. The van der Waals surface area contributed by atoms with Crippen LogP contribution in [0.2, 0.25) is 0 Å². The second-order valence-electron chi connectivity index (χ2n) is 15.5. The SMILES string of the molecule is CCCCCCCCCC(C)C(=O)OC(C)CNC(=O)c1cc(OCCOc2ccc(N=Nc3c(C)c(C(N)=O)c(O)n(-c4ccccc4C(=O)O)c3=O)cc2)c2ccccc2c1O. The van der Waals surface area contributed by atoms with Crippen LogP contribution in [0.5, 0.6) is 23.1 Å². The molecule has 4 aromatic carbocycles. The van der Waals surface area contributed by atoms with E-state index in [1.165, 1.54) is 69.4 Å². The Balaban J connectivity index is 1.19. The first-order valence-corrected chi connectivity index (χ1v) is 21.3. The van der Waals surface area contributed by atoms with Crippen LogP contribution in [0.3, 0.4) is 0 Å². The molecule has 0 saturated carbocycles. The van der Waals surface area contributed by atoms with E-state index in [0.29, 0.717) is 26.8 Å². The van der Waals surface area contributed by atoms with Gasteiger partial charge < -0.3 is 40.6 Å². The van der Waals surface area contributed by atoms with Crippen molar-refractivity contribution in [2.45, 2.75) is 85.2 Å². The maximum absolute atomic E-state index is 13.6. The average Bonchev–Trinajstić information content (AvgIpc) is 3.27. The molecule has 16 nitrogen and oxygen atoms in total. The standard InChI is InChI=1S/C48H55N5O11/c1-5-6-7-8-9-10-11-16-29(2)48(61)64-30(3)28-50-44(56)37-27-39(34-17-12-13-18-35(34)42(37)54)63-26-25-62-33-23-21-32(22-24-33)51-52-41-31(4)40(43(49)55)45(57)53(46(41)58)38-20-15-14-19-36(38)47(59)60/h12-15,17-24,27,29-30,54,57H,5-11,16,25-26,28H2,1-4H3,(H2,49,55)(H,50,56)(H,59,60). The molecular formula is C48H55N5O11. The zero-order valence-electron chi connectivity index (χ0n) is 36.5. The average molecular weight is 878 g/mol. The normalized spacial score (nSPS) is 12.2. The minimum atomic E-state index is -1.37. The number of carbonyl (C=O) groups is 4. The van der Waals surface area contributed by atoms with Crippen LogP contribution in [0.1, 0.15) is 109 Å². The summed E-state index contributed by atoms with van der Waals surface area (Å²) in [4.78, 5) is 63.9. The van der Waals surface area contributed by atoms with Crippen molar-refractivity contribution in [3.8, 4) is 28.8 Å². The van der Waals surface area contributed by atoms with E-state index in [4.69, 9.17) is 19.9 Å². The van der Waals surface area contributed by atoms with E-state index in [2.05, 4.69) is 22.5 Å². The molecule has 0 bridgehead atoms. The van der Waals surface area contributed by atoms with Crippen molar-refractivity contribution in [3.63, 3.8) is 0 Å². The number of esters is 1. The van der Waals surface area contributed by atoms with E-state index < -0.39 is 40.9 Å². The molecule has 2 amide bonds. The molecule has 64 heavy (non-hydrogen) atoms. The zero-order valence-corrected chi connectivity index (χ0v) is 36.5. The molecule has 0 saturated heterocycles.